The predicted octanol–water partition coefficient (Wildman–Crippen LogP) is 3.59. The first-order valence-electron chi connectivity index (χ1n) is 9.22. The molecule has 0 heterocycles. The van der Waals surface area contributed by atoms with Gasteiger partial charge in [0.05, 0.1) is 11.4 Å². The van der Waals surface area contributed by atoms with Crippen LogP contribution >= 0.6 is 24.0 Å². The second-order valence-electron chi connectivity index (χ2n) is 7.00. The zero-order valence-electron chi connectivity index (χ0n) is 17.5. The molecule has 160 valence electrons. The van der Waals surface area contributed by atoms with Crippen molar-refractivity contribution in [3.05, 3.63) is 58.1 Å². The fourth-order valence-corrected chi connectivity index (χ4v) is 4.03. The third kappa shape index (κ3) is 7.18. The maximum absolute atomic E-state index is 11.7. The molecule has 0 atom stereocenters. The first kappa shape index (κ1) is 25.2. The van der Waals surface area contributed by atoms with Crippen LogP contribution in [0.5, 0.6) is 5.75 Å². The molecule has 2 aromatic rings. The number of sulfone groups is 1. The molecule has 0 saturated carbocycles. The summed E-state index contributed by atoms with van der Waals surface area (Å²) in [6.45, 7) is 9.30. The van der Waals surface area contributed by atoms with E-state index in [4.69, 9.17) is 0 Å². The molecule has 2 aromatic carbocycles. The number of hydrogen-bond acceptors (Lipinski definition) is 4. The van der Waals surface area contributed by atoms with Gasteiger partial charge < -0.3 is 15.7 Å². The highest BCUT2D eigenvalue weighted by atomic mass is 127. The smallest absolute Gasteiger partial charge is 0.191 e. The van der Waals surface area contributed by atoms with Gasteiger partial charge in [0.25, 0.3) is 0 Å². The number of guanidine groups is 1. The van der Waals surface area contributed by atoms with E-state index in [0.29, 0.717) is 29.7 Å². The molecule has 8 heteroatoms. The van der Waals surface area contributed by atoms with E-state index in [0.717, 1.165) is 34.4 Å². The Labute approximate surface area is 190 Å². The first-order valence-corrected chi connectivity index (χ1v) is 11.1. The molecule has 0 aliphatic rings. The number of aliphatic imine (C=N–C) groups is 1. The van der Waals surface area contributed by atoms with Gasteiger partial charge in [0, 0.05) is 19.3 Å². The highest BCUT2D eigenvalue weighted by Crippen LogP contribution is 2.23. The molecule has 6 nitrogen and oxygen atoms in total. The summed E-state index contributed by atoms with van der Waals surface area (Å²) in [6.07, 6.45) is 1.22. The fraction of sp³-hybridized carbons (Fsp3) is 0.381. The lowest BCUT2D eigenvalue weighted by Crippen LogP contribution is -2.36. The number of aromatic hydroxyl groups is 1. The highest BCUT2D eigenvalue weighted by molar-refractivity contribution is 14.0. The largest absolute Gasteiger partial charge is 0.507 e. The number of nitrogens with zero attached hydrogens (tertiary/aromatic N) is 1. The number of aryl methyl sites for hydroxylation is 3. The molecule has 3 N–H and O–H groups in total. The third-order valence-electron chi connectivity index (χ3n) is 4.41. The fourth-order valence-electron chi connectivity index (χ4n) is 3.07. The summed E-state index contributed by atoms with van der Waals surface area (Å²) in [5.74, 6) is 1.00. The van der Waals surface area contributed by atoms with Gasteiger partial charge in [0.2, 0.25) is 0 Å². The van der Waals surface area contributed by atoms with E-state index < -0.39 is 9.84 Å². The van der Waals surface area contributed by atoms with E-state index in [1.54, 1.807) is 13.0 Å². The van der Waals surface area contributed by atoms with Crippen molar-refractivity contribution in [2.24, 2.45) is 4.99 Å². The number of hydrogen-bond donors (Lipinski definition) is 3. The Kier molecular flexibility index (Phi) is 9.41. The van der Waals surface area contributed by atoms with E-state index in [9.17, 15) is 13.5 Å². The lowest BCUT2D eigenvalue weighted by molar-refractivity contribution is 0.466. The molecule has 0 amide bonds. The number of benzene rings is 2. The quantitative estimate of drug-likeness (QED) is 0.301. The van der Waals surface area contributed by atoms with Crippen LogP contribution in [0, 0.1) is 20.8 Å². The van der Waals surface area contributed by atoms with E-state index >= 15 is 0 Å². The number of halogens is 1. The van der Waals surface area contributed by atoms with Crippen LogP contribution in [0.2, 0.25) is 0 Å². The molecule has 0 saturated heterocycles. The van der Waals surface area contributed by atoms with Gasteiger partial charge >= 0.3 is 0 Å². The van der Waals surface area contributed by atoms with Gasteiger partial charge in [0.1, 0.15) is 5.75 Å². The highest BCUT2D eigenvalue weighted by Gasteiger charge is 2.11. The van der Waals surface area contributed by atoms with Crippen molar-refractivity contribution < 1.29 is 13.5 Å². The number of nitrogens with one attached hydrogen (secondary N) is 2. The van der Waals surface area contributed by atoms with Crippen LogP contribution in [-0.4, -0.2) is 32.3 Å². The van der Waals surface area contributed by atoms with Gasteiger partial charge in [-0.05, 0) is 61.6 Å². The summed E-state index contributed by atoms with van der Waals surface area (Å²) >= 11 is 0. The van der Waals surface area contributed by atoms with Crippen LogP contribution in [0.3, 0.4) is 0 Å². The molecular weight excluding hydrogens is 501 g/mol. The molecule has 0 aromatic heterocycles. The van der Waals surface area contributed by atoms with Crippen molar-refractivity contribution in [1.82, 2.24) is 10.6 Å². The third-order valence-corrected chi connectivity index (χ3v) is 5.67. The van der Waals surface area contributed by atoms with E-state index in [1.807, 2.05) is 45.0 Å². The summed E-state index contributed by atoms with van der Waals surface area (Å²) in [7, 11) is -3.21. The van der Waals surface area contributed by atoms with Gasteiger partial charge in [-0.3, -0.25) is 0 Å². The molecule has 0 fully saturated rings. The van der Waals surface area contributed by atoms with Gasteiger partial charge in [-0.25, -0.2) is 13.4 Å². The molecule has 0 aliphatic carbocycles. The second-order valence-corrected chi connectivity index (χ2v) is 8.98. The Morgan fingerprint density at radius 3 is 2.10 bits per heavy atom. The molecule has 0 bridgehead atoms. The Morgan fingerprint density at radius 2 is 1.59 bits per heavy atom. The van der Waals surface area contributed by atoms with Gasteiger partial charge in [-0.2, -0.15) is 0 Å². The number of phenols is 1. The second kappa shape index (κ2) is 10.8. The van der Waals surface area contributed by atoms with Crippen molar-refractivity contribution in [2.45, 2.75) is 45.7 Å². The van der Waals surface area contributed by atoms with Crippen LogP contribution in [0.15, 0.2) is 40.2 Å². The van der Waals surface area contributed by atoms with Crippen molar-refractivity contribution >= 4 is 39.8 Å². The summed E-state index contributed by atoms with van der Waals surface area (Å²) < 4.78 is 23.5. The Balaban J connectivity index is 0.00000420. The molecule has 29 heavy (non-hydrogen) atoms. The lowest BCUT2D eigenvalue weighted by atomic mass is 10.1. The minimum Gasteiger partial charge on any atom is -0.507 e. The van der Waals surface area contributed by atoms with Crippen molar-refractivity contribution in [3.8, 4) is 5.75 Å². The average Bonchev–Trinajstić information content (AvgIpc) is 2.60. The van der Waals surface area contributed by atoms with Crippen molar-refractivity contribution in [1.29, 1.82) is 0 Å². The Bertz CT molecular complexity index is 966. The summed E-state index contributed by atoms with van der Waals surface area (Å²) in [6, 6.07) is 9.20. The van der Waals surface area contributed by atoms with Crippen LogP contribution in [-0.2, 0) is 22.9 Å². The van der Waals surface area contributed by atoms with Crippen LogP contribution < -0.4 is 10.6 Å². The topological polar surface area (TPSA) is 90.8 Å². The van der Waals surface area contributed by atoms with Gasteiger partial charge in [-0.1, -0.05) is 24.3 Å². The van der Waals surface area contributed by atoms with E-state index in [2.05, 4.69) is 15.6 Å². The van der Waals surface area contributed by atoms with Gasteiger partial charge in [0.15, 0.2) is 15.8 Å². The molecule has 0 spiro atoms. The summed E-state index contributed by atoms with van der Waals surface area (Å²) in [5.41, 5.74) is 4.41. The van der Waals surface area contributed by atoms with Crippen LogP contribution in [0.1, 0.15) is 34.7 Å². The summed E-state index contributed by atoms with van der Waals surface area (Å²) in [4.78, 5) is 4.96. The minimum absolute atomic E-state index is 0. The molecule has 2 rings (SSSR count). The standard InChI is InChI=1S/C21H29N3O3S.HI/c1-6-22-21(24-13-18-10-15(3)20(25)16(4)11-18)23-12-17-7-8-19(14(2)9-17)28(5,26)27;/h7-11,25H,6,12-13H2,1-5H3,(H2,22,23,24);1H. The number of phenolic OH excluding ortho intramolecular Hbond substituents is 1. The number of rotatable bonds is 6. The normalized spacial score (nSPS) is 11.7. The Hall–Kier alpha value is -1.81. The minimum atomic E-state index is -3.21. The molecular formula is C21H30IN3O3S. The van der Waals surface area contributed by atoms with Crippen molar-refractivity contribution in [3.63, 3.8) is 0 Å². The monoisotopic (exact) mass is 531 g/mol. The Morgan fingerprint density at radius 1 is 1.00 bits per heavy atom. The maximum atomic E-state index is 11.7. The van der Waals surface area contributed by atoms with E-state index in [1.165, 1.54) is 6.26 Å². The summed E-state index contributed by atoms with van der Waals surface area (Å²) in [5, 5.41) is 16.4. The van der Waals surface area contributed by atoms with E-state index in [-0.39, 0.29) is 24.0 Å². The molecule has 0 radical (unpaired) electrons. The van der Waals surface area contributed by atoms with Crippen molar-refractivity contribution in [2.75, 3.05) is 12.8 Å². The van der Waals surface area contributed by atoms with Crippen LogP contribution in [0.4, 0.5) is 0 Å². The molecule has 0 unspecified atom stereocenters. The van der Waals surface area contributed by atoms with Gasteiger partial charge in [-0.15, -0.1) is 24.0 Å². The average molecular weight is 531 g/mol. The molecule has 0 aliphatic heterocycles. The lowest BCUT2D eigenvalue weighted by Gasteiger charge is -2.13. The predicted molar refractivity (Wildman–Crippen MR) is 129 cm³/mol. The zero-order chi connectivity index (χ0) is 20.9. The maximum Gasteiger partial charge on any atom is 0.191 e. The van der Waals surface area contributed by atoms with Crippen LogP contribution in [0.25, 0.3) is 0 Å². The zero-order valence-corrected chi connectivity index (χ0v) is 20.7. The first-order chi connectivity index (χ1) is 13.1. The SMILES string of the molecule is CCNC(=NCc1cc(C)c(O)c(C)c1)NCc1ccc(S(C)(=O)=O)c(C)c1.I.